The molecule has 0 aliphatic carbocycles. The fourth-order valence-electron chi connectivity index (χ4n) is 2.40. The topological polar surface area (TPSA) is 12.0 Å². The molecule has 1 N–H and O–H groups in total. The van der Waals surface area contributed by atoms with Gasteiger partial charge in [-0.15, -0.1) is 0 Å². The third-order valence-electron chi connectivity index (χ3n) is 3.70. The van der Waals surface area contributed by atoms with Crippen LogP contribution in [0.1, 0.15) is 24.0 Å². The van der Waals surface area contributed by atoms with Crippen molar-refractivity contribution in [1.29, 1.82) is 0 Å². The summed E-state index contributed by atoms with van der Waals surface area (Å²) in [4.78, 5) is 0. The Morgan fingerprint density at radius 3 is 2.45 bits per heavy atom. The molecule has 0 aliphatic heterocycles. The molecule has 106 valence electrons. The van der Waals surface area contributed by atoms with Gasteiger partial charge < -0.3 is 5.32 Å². The third kappa shape index (κ3) is 3.81. The summed E-state index contributed by atoms with van der Waals surface area (Å²) in [6, 6.07) is 14.9. The molecule has 0 amide bonds. The summed E-state index contributed by atoms with van der Waals surface area (Å²) in [6.07, 6.45) is 0.850. The molecule has 1 nitrogen and oxygen atoms in total. The third-order valence-corrected chi connectivity index (χ3v) is 3.96. The first kappa shape index (κ1) is 15.0. The Hall–Kier alpha value is -1.38. The lowest BCUT2D eigenvalue weighted by Crippen LogP contribution is -2.30. The average molecular weight is 292 g/mol. The Morgan fingerprint density at radius 1 is 1.15 bits per heavy atom. The number of rotatable bonds is 5. The largest absolute Gasteiger partial charge is 0.317 e. The smallest absolute Gasteiger partial charge is 0.123 e. The molecule has 0 radical (unpaired) electrons. The predicted molar refractivity (Wildman–Crippen MR) is 82.8 cm³/mol. The van der Waals surface area contributed by atoms with Crippen LogP contribution in [0.25, 0.3) is 0 Å². The van der Waals surface area contributed by atoms with Gasteiger partial charge in [0.15, 0.2) is 0 Å². The van der Waals surface area contributed by atoms with Gasteiger partial charge in [-0.2, -0.15) is 0 Å². The van der Waals surface area contributed by atoms with E-state index in [1.165, 1.54) is 11.6 Å². The molecule has 2 rings (SSSR count). The van der Waals surface area contributed by atoms with Crippen molar-refractivity contribution in [2.75, 3.05) is 7.05 Å². The maximum absolute atomic E-state index is 13.4. The van der Waals surface area contributed by atoms with Gasteiger partial charge in [-0.25, -0.2) is 4.39 Å². The maximum Gasteiger partial charge on any atom is 0.123 e. The zero-order valence-electron chi connectivity index (χ0n) is 11.7. The first-order valence-electron chi connectivity index (χ1n) is 6.77. The Labute approximate surface area is 124 Å². The van der Waals surface area contributed by atoms with Crippen molar-refractivity contribution in [3.05, 3.63) is 70.5 Å². The molecule has 0 aromatic heterocycles. The van der Waals surface area contributed by atoms with Gasteiger partial charge in [-0.05, 0) is 55.8 Å². The van der Waals surface area contributed by atoms with Gasteiger partial charge in [0.2, 0.25) is 0 Å². The average Bonchev–Trinajstić information content (AvgIpc) is 2.46. The van der Waals surface area contributed by atoms with Gasteiger partial charge in [-0.1, -0.05) is 35.9 Å². The Balaban J connectivity index is 2.26. The molecule has 2 atom stereocenters. The van der Waals surface area contributed by atoms with Gasteiger partial charge in [-0.3, -0.25) is 0 Å². The van der Waals surface area contributed by atoms with E-state index in [0.29, 0.717) is 0 Å². The first-order valence-corrected chi connectivity index (χ1v) is 7.15. The van der Waals surface area contributed by atoms with Crippen molar-refractivity contribution < 1.29 is 4.39 Å². The quantitative estimate of drug-likeness (QED) is 0.860. The van der Waals surface area contributed by atoms with Crippen LogP contribution in [0.3, 0.4) is 0 Å². The highest BCUT2D eigenvalue weighted by molar-refractivity contribution is 6.30. The van der Waals surface area contributed by atoms with E-state index in [-0.39, 0.29) is 17.8 Å². The highest BCUT2D eigenvalue weighted by atomic mass is 35.5. The van der Waals surface area contributed by atoms with E-state index in [0.717, 1.165) is 17.0 Å². The first-order chi connectivity index (χ1) is 9.60. The maximum atomic E-state index is 13.4. The molecule has 0 spiro atoms. The summed E-state index contributed by atoms with van der Waals surface area (Å²) in [7, 11) is 1.93. The van der Waals surface area contributed by atoms with E-state index >= 15 is 0 Å². The summed E-state index contributed by atoms with van der Waals surface area (Å²) in [5.74, 6) is 0.0313. The lowest BCUT2D eigenvalue weighted by Gasteiger charge is -2.24. The molecule has 2 aromatic rings. The van der Waals surface area contributed by atoms with Gasteiger partial charge in [0.25, 0.3) is 0 Å². The van der Waals surface area contributed by atoms with Crippen LogP contribution in [0.5, 0.6) is 0 Å². The zero-order chi connectivity index (χ0) is 14.5. The van der Waals surface area contributed by atoms with Gasteiger partial charge in [0.1, 0.15) is 5.82 Å². The number of nitrogens with one attached hydrogen (secondary N) is 1. The summed E-state index contributed by atoms with van der Waals surface area (Å²) in [5, 5.41) is 4.00. The van der Waals surface area contributed by atoms with Crippen LogP contribution in [0.2, 0.25) is 5.02 Å². The van der Waals surface area contributed by atoms with Crippen molar-refractivity contribution in [1.82, 2.24) is 5.32 Å². The molecule has 0 fully saturated rings. The minimum atomic E-state index is -0.188. The van der Waals surface area contributed by atoms with Crippen molar-refractivity contribution in [3.63, 3.8) is 0 Å². The molecule has 2 aromatic carbocycles. The van der Waals surface area contributed by atoms with Crippen molar-refractivity contribution in [2.24, 2.45) is 0 Å². The summed E-state index contributed by atoms with van der Waals surface area (Å²) >= 11 is 5.91. The second-order valence-corrected chi connectivity index (χ2v) is 5.51. The summed E-state index contributed by atoms with van der Waals surface area (Å²) in [6.45, 7) is 2.12. The molecular weight excluding hydrogens is 273 g/mol. The number of benzene rings is 2. The Morgan fingerprint density at radius 2 is 1.85 bits per heavy atom. The second-order valence-electron chi connectivity index (χ2n) is 5.07. The highest BCUT2D eigenvalue weighted by Crippen LogP contribution is 2.25. The van der Waals surface area contributed by atoms with Crippen LogP contribution < -0.4 is 5.32 Å². The molecule has 0 saturated carbocycles. The van der Waals surface area contributed by atoms with Crippen LogP contribution in [0, 0.1) is 5.82 Å². The monoisotopic (exact) mass is 291 g/mol. The molecule has 0 bridgehead atoms. The van der Waals surface area contributed by atoms with Crippen molar-refractivity contribution >= 4 is 11.6 Å². The molecule has 2 unspecified atom stereocenters. The van der Waals surface area contributed by atoms with Crippen LogP contribution in [-0.4, -0.2) is 13.1 Å². The molecule has 20 heavy (non-hydrogen) atoms. The predicted octanol–water partition coefficient (Wildman–Crippen LogP) is 4.41. The lowest BCUT2D eigenvalue weighted by atomic mass is 9.86. The Bertz CT molecular complexity index is 553. The molecule has 0 saturated heterocycles. The summed E-state index contributed by atoms with van der Waals surface area (Å²) in [5.41, 5.74) is 2.22. The number of hydrogen-bond acceptors (Lipinski definition) is 1. The van der Waals surface area contributed by atoms with Gasteiger partial charge in [0, 0.05) is 17.0 Å². The highest BCUT2D eigenvalue weighted by Gasteiger charge is 2.19. The fraction of sp³-hybridized carbons (Fsp3) is 0.294. The molecule has 0 aliphatic rings. The normalized spacial score (nSPS) is 14.0. The summed E-state index contributed by atoms with van der Waals surface area (Å²) < 4.78 is 13.4. The van der Waals surface area contributed by atoms with E-state index in [9.17, 15) is 4.39 Å². The minimum Gasteiger partial charge on any atom is -0.317 e. The molecule has 0 heterocycles. The number of hydrogen-bond donors (Lipinski definition) is 1. The minimum absolute atomic E-state index is 0.188. The number of likely N-dealkylation sites (N-methyl/N-ethyl adjacent to an activating group) is 1. The van der Waals surface area contributed by atoms with Crippen LogP contribution in [0.4, 0.5) is 4.39 Å². The van der Waals surface area contributed by atoms with Gasteiger partial charge >= 0.3 is 0 Å². The van der Waals surface area contributed by atoms with Crippen LogP contribution in [0.15, 0.2) is 48.5 Å². The SMILES string of the molecule is CNC(C)C(Cc1ccc(Cl)cc1)c1cccc(F)c1. The Kier molecular flexibility index (Phi) is 5.16. The van der Waals surface area contributed by atoms with Crippen LogP contribution in [-0.2, 0) is 6.42 Å². The molecule has 3 heteroatoms. The van der Waals surface area contributed by atoms with E-state index < -0.39 is 0 Å². The fourth-order valence-corrected chi connectivity index (χ4v) is 2.52. The standard InChI is InChI=1S/C17H19ClFN/c1-12(20-2)17(14-4-3-5-16(19)11-14)10-13-6-8-15(18)9-7-13/h3-9,11-12,17,20H,10H2,1-2H3. The van der Waals surface area contributed by atoms with Gasteiger partial charge in [0.05, 0.1) is 0 Å². The molecular formula is C17H19ClFN. The zero-order valence-corrected chi connectivity index (χ0v) is 12.5. The number of halogens is 2. The van der Waals surface area contributed by atoms with Crippen LogP contribution >= 0.6 is 11.6 Å². The van der Waals surface area contributed by atoms with E-state index in [1.54, 1.807) is 12.1 Å². The van der Waals surface area contributed by atoms with Crippen molar-refractivity contribution in [2.45, 2.75) is 25.3 Å². The lowest BCUT2D eigenvalue weighted by molar-refractivity contribution is 0.489. The van der Waals surface area contributed by atoms with E-state index in [4.69, 9.17) is 11.6 Å². The van der Waals surface area contributed by atoms with E-state index in [2.05, 4.69) is 12.2 Å². The van der Waals surface area contributed by atoms with Crippen molar-refractivity contribution in [3.8, 4) is 0 Å². The second kappa shape index (κ2) is 6.87. The van der Waals surface area contributed by atoms with E-state index in [1.807, 2.05) is 37.4 Å².